The van der Waals surface area contributed by atoms with E-state index in [-0.39, 0.29) is 5.38 Å². The highest BCUT2D eigenvalue weighted by molar-refractivity contribution is 6.20. The first kappa shape index (κ1) is 12.8. The highest BCUT2D eigenvalue weighted by atomic mass is 35.5. The van der Waals surface area contributed by atoms with E-state index in [1.165, 1.54) is 11.1 Å². The largest absolute Gasteiger partial charge is 0.490 e. The summed E-state index contributed by atoms with van der Waals surface area (Å²) in [6, 6.07) is 6.45. The van der Waals surface area contributed by atoms with Crippen LogP contribution in [0.5, 0.6) is 5.75 Å². The van der Waals surface area contributed by atoms with E-state index in [1.807, 2.05) is 0 Å². The second-order valence-electron chi connectivity index (χ2n) is 5.41. The molecule has 0 spiro atoms. The number of benzene rings is 1. The number of aryl methyl sites for hydroxylation is 1. The number of alkyl halides is 1. The maximum Gasteiger partial charge on any atom is 0.123 e. The van der Waals surface area contributed by atoms with E-state index in [0.29, 0.717) is 12.0 Å². The van der Waals surface area contributed by atoms with Crippen molar-refractivity contribution < 1.29 is 4.74 Å². The second-order valence-corrected chi connectivity index (χ2v) is 6.16. The summed E-state index contributed by atoms with van der Waals surface area (Å²) in [5.74, 6) is 1.70. The zero-order valence-electron chi connectivity index (χ0n) is 10.9. The Morgan fingerprint density at radius 3 is 2.88 bits per heavy atom. The van der Waals surface area contributed by atoms with E-state index >= 15 is 0 Å². The minimum absolute atomic E-state index is 0.260. The molecule has 0 bridgehead atoms. The summed E-state index contributed by atoms with van der Waals surface area (Å²) in [6.07, 6.45) is 3.57. The van der Waals surface area contributed by atoms with Crippen molar-refractivity contribution in [2.24, 2.45) is 5.92 Å². The molecule has 1 aliphatic rings. The molecule has 0 aliphatic carbocycles. The topological polar surface area (TPSA) is 9.23 Å². The van der Waals surface area contributed by atoms with Gasteiger partial charge in [-0.3, -0.25) is 0 Å². The van der Waals surface area contributed by atoms with Gasteiger partial charge in [-0.2, -0.15) is 0 Å². The number of halogens is 1. The Balaban J connectivity index is 1.92. The lowest BCUT2D eigenvalue weighted by Gasteiger charge is -2.17. The number of rotatable bonds is 4. The Bertz CT molecular complexity index is 387. The van der Waals surface area contributed by atoms with Crippen LogP contribution in [-0.4, -0.2) is 11.5 Å². The Hall–Kier alpha value is -0.690. The summed E-state index contributed by atoms with van der Waals surface area (Å²) in [6.45, 7) is 6.45. The van der Waals surface area contributed by atoms with Crippen molar-refractivity contribution in [2.45, 2.75) is 51.5 Å². The molecule has 1 aromatic rings. The van der Waals surface area contributed by atoms with Crippen LogP contribution in [-0.2, 0) is 6.42 Å². The first-order valence-electron chi connectivity index (χ1n) is 6.45. The van der Waals surface area contributed by atoms with E-state index in [1.54, 1.807) is 0 Å². The Morgan fingerprint density at radius 1 is 1.41 bits per heavy atom. The highest BCUT2D eigenvalue weighted by Crippen LogP contribution is 2.32. The molecule has 1 aliphatic heterocycles. The van der Waals surface area contributed by atoms with Gasteiger partial charge in [-0.05, 0) is 44.2 Å². The molecular formula is C15H21ClO. The van der Waals surface area contributed by atoms with Gasteiger partial charge in [0.2, 0.25) is 0 Å². The SMILES string of the molecule is Cc1ccc2c(c1)CC(CC(C)CC(C)Cl)O2. The lowest BCUT2D eigenvalue weighted by atomic mass is 9.96. The van der Waals surface area contributed by atoms with Crippen LogP contribution in [0.2, 0.25) is 0 Å². The van der Waals surface area contributed by atoms with E-state index < -0.39 is 0 Å². The van der Waals surface area contributed by atoms with Gasteiger partial charge in [0, 0.05) is 11.8 Å². The zero-order valence-corrected chi connectivity index (χ0v) is 11.6. The third kappa shape index (κ3) is 3.38. The fraction of sp³-hybridized carbons (Fsp3) is 0.600. The molecule has 2 rings (SSSR count). The summed E-state index contributed by atoms with van der Waals surface area (Å²) < 4.78 is 5.97. The molecule has 17 heavy (non-hydrogen) atoms. The van der Waals surface area contributed by atoms with Crippen LogP contribution in [0.4, 0.5) is 0 Å². The Morgan fingerprint density at radius 2 is 2.18 bits per heavy atom. The van der Waals surface area contributed by atoms with Crippen LogP contribution < -0.4 is 4.74 Å². The van der Waals surface area contributed by atoms with Gasteiger partial charge in [0.25, 0.3) is 0 Å². The van der Waals surface area contributed by atoms with Crippen molar-refractivity contribution in [3.63, 3.8) is 0 Å². The highest BCUT2D eigenvalue weighted by Gasteiger charge is 2.24. The molecule has 1 heterocycles. The standard InChI is InChI=1S/C15H21ClO/c1-10-4-5-15-13(7-10)9-14(17-15)8-11(2)6-12(3)16/h4-5,7,11-12,14H,6,8-9H2,1-3H3. The molecule has 0 amide bonds. The van der Waals surface area contributed by atoms with Gasteiger partial charge < -0.3 is 4.74 Å². The average molecular weight is 253 g/mol. The van der Waals surface area contributed by atoms with Gasteiger partial charge in [0.05, 0.1) is 0 Å². The number of hydrogen-bond donors (Lipinski definition) is 0. The predicted molar refractivity (Wildman–Crippen MR) is 73.0 cm³/mol. The number of fused-ring (bicyclic) bond motifs is 1. The maximum atomic E-state index is 6.03. The van der Waals surface area contributed by atoms with Crippen molar-refractivity contribution in [3.8, 4) is 5.75 Å². The molecular weight excluding hydrogens is 232 g/mol. The zero-order chi connectivity index (χ0) is 12.4. The lowest BCUT2D eigenvalue weighted by Crippen LogP contribution is -2.18. The molecule has 1 aromatic carbocycles. The molecule has 0 aromatic heterocycles. The average Bonchev–Trinajstić information content (AvgIpc) is 2.57. The summed E-state index contributed by atoms with van der Waals surface area (Å²) in [5.41, 5.74) is 2.68. The summed E-state index contributed by atoms with van der Waals surface area (Å²) in [5, 5.41) is 0.260. The van der Waals surface area contributed by atoms with E-state index in [4.69, 9.17) is 16.3 Å². The molecule has 3 atom stereocenters. The van der Waals surface area contributed by atoms with Gasteiger partial charge in [0.1, 0.15) is 11.9 Å². The Kier molecular flexibility index (Phi) is 3.98. The quantitative estimate of drug-likeness (QED) is 0.725. The number of ether oxygens (including phenoxy) is 1. The van der Waals surface area contributed by atoms with Crippen molar-refractivity contribution in [2.75, 3.05) is 0 Å². The molecule has 1 nitrogen and oxygen atoms in total. The molecule has 0 saturated carbocycles. The first-order valence-corrected chi connectivity index (χ1v) is 6.88. The lowest BCUT2D eigenvalue weighted by molar-refractivity contribution is 0.195. The molecule has 3 unspecified atom stereocenters. The van der Waals surface area contributed by atoms with Gasteiger partial charge >= 0.3 is 0 Å². The van der Waals surface area contributed by atoms with E-state index in [0.717, 1.165) is 25.0 Å². The molecule has 94 valence electrons. The molecule has 0 saturated heterocycles. The van der Waals surface area contributed by atoms with Crippen LogP contribution >= 0.6 is 11.6 Å². The van der Waals surface area contributed by atoms with Crippen LogP contribution in [0.25, 0.3) is 0 Å². The van der Waals surface area contributed by atoms with Crippen molar-refractivity contribution in [1.29, 1.82) is 0 Å². The van der Waals surface area contributed by atoms with E-state index in [9.17, 15) is 0 Å². The van der Waals surface area contributed by atoms with Crippen molar-refractivity contribution in [3.05, 3.63) is 29.3 Å². The second kappa shape index (κ2) is 5.30. The molecule has 0 fully saturated rings. The van der Waals surface area contributed by atoms with Gasteiger partial charge in [0.15, 0.2) is 0 Å². The third-order valence-electron chi connectivity index (χ3n) is 3.35. The monoisotopic (exact) mass is 252 g/mol. The third-order valence-corrected chi connectivity index (χ3v) is 3.53. The smallest absolute Gasteiger partial charge is 0.123 e. The summed E-state index contributed by atoms with van der Waals surface area (Å²) >= 11 is 6.03. The minimum Gasteiger partial charge on any atom is -0.490 e. The van der Waals surface area contributed by atoms with Crippen LogP contribution in [0.3, 0.4) is 0 Å². The fourth-order valence-electron chi connectivity index (χ4n) is 2.68. The Labute approximate surface area is 109 Å². The maximum absolute atomic E-state index is 6.03. The van der Waals surface area contributed by atoms with E-state index in [2.05, 4.69) is 39.0 Å². The van der Waals surface area contributed by atoms with Crippen LogP contribution in [0.1, 0.15) is 37.8 Å². The van der Waals surface area contributed by atoms with Crippen LogP contribution in [0.15, 0.2) is 18.2 Å². The number of hydrogen-bond acceptors (Lipinski definition) is 1. The van der Waals surface area contributed by atoms with Gasteiger partial charge in [-0.1, -0.05) is 24.6 Å². The summed E-state index contributed by atoms with van der Waals surface area (Å²) in [7, 11) is 0. The molecule has 0 radical (unpaired) electrons. The first-order chi connectivity index (χ1) is 8.04. The predicted octanol–water partition coefficient (Wildman–Crippen LogP) is 4.34. The van der Waals surface area contributed by atoms with Gasteiger partial charge in [-0.25, -0.2) is 0 Å². The minimum atomic E-state index is 0.260. The normalized spacial score (nSPS) is 21.8. The van der Waals surface area contributed by atoms with Crippen LogP contribution in [0, 0.1) is 12.8 Å². The molecule has 2 heteroatoms. The molecule has 0 N–H and O–H groups in total. The summed E-state index contributed by atoms with van der Waals surface area (Å²) in [4.78, 5) is 0. The fourth-order valence-corrected chi connectivity index (χ4v) is 2.98. The van der Waals surface area contributed by atoms with Gasteiger partial charge in [-0.15, -0.1) is 11.6 Å². The van der Waals surface area contributed by atoms with Crippen molar-refractivity contribution in [1.82, 2.24) is 0 Å². The van der Waals surface area contributed by atoms with Crippen molar-refractivity contribution >= 4 is 11.6 Å².